The Bertz CT molecular complexity index is 322. The van der Waals surface area contributed by atoms with E-state index in [1.54, 1.807) is 6.26 Å². The molecule has 0 spiro atoms. The molecule has 2 rings (SSSR count). The average Bonchev–Trinajstić information content (AvgIpc) is 2.71. The van der Waals surface area contributed by atoms with Gasteiger partial charge in [0.2, 0.25) is 0 Å². The summed E-state index contributed by atoms with van der Waals surface area (Å²) in [6.07, 6.45) is 3.53. The molecule has 0 amide bonds. The molecule has 1 aromatic heterocycles. The number of β-amino-alcohol motifs (C(OH)–C–C–N with tert-alkyl or cyclic N) is 1. The smallest absolute Gasteiger partial charge is 0.122 e. The monoisotopic (exact) mass is 224 g/mol. The lowest BCUT2D eigenvalue weighted by Gasteiger charge is -2.40. The Kier molecular flexibility index (Phi) is 3.33. The summed E-state index contributed by atoms with van der Waals surface area (Å²) in [6, 6.07) is 3.91. The molecule has 1 aliphatic heterocycles. The fraction of sp³-hybridized carbons (Fsp3) is 0.667. The fourth-order valence-electron chi connectivity index (χ4n) is 2.45. The van der Waals surface area contributed by atoms with Crippen LogP contribution in [0.25, 0.3) is 0 Å². The van der Waals surface area contributed by atoms with Crippen molar-refractivity contribution >= 4 is 0 Å². The van der Waals surface area contributed by atoms with Crippen LogP contribution in [0.1, 0.15) is 31.6 Å². The maximum atomic E-state index is 10.1. The summed E-state index contributed by atoms with van der Waals surface area (Å²) in [5.41, 5.74) is 5.20. The second-order valence-corrected chi connectivity index (χ2v) is 4.84. The number of rotatable bonds is 3. The minimum atomic E-state index is -0.599. The van der Waals surface area contributed by atoms with E-state index in [2.05, 4.69) is 4.90 Å². The van der Waals surface area contributed by atoms with E-state index >= 15 is 0 Å². The van der Waals surface area contributed by atoms with Crippen molar-refractivity contribution in [2.24, 2.45) is 5.73 Å². The molecule has 0 radical (unpaired) electrons. The van der Waals surface area contributed by atoms with Gasteiger partial charge in [0.25, 0.3) is 0 Å². The van der Waals surface area contributed by atoms with Crippen molar-refractivity contribution in [3.63, 3.8) is 0 Å². The number of piperidine rings is 1. The summed E-state index contributed by atoms with van der Waals surface area (Å²) in [5.74, 6) is 0.889. The Morgan fingerprint density at radius 2 is 2.50 bits per heavy atom. The van der Waals surface area contributed by atoms with E-state index in [4.69, 9.17) is 10.2 Å². The third-order valence-corrected chi connectivity index (χ3v) is 3.24. The maximum absolute atomic E-state index is 10.1. The van der Waals surface area contributed by atoms with Crippen molar-refractivity contribution < 1.29 is 9.52 Å². The van der Waals surface area contributed by atoms with Gasteiger partial charge in [-0.15, -0.1) is 0 Å². The summed E-state index contributed by atoms with van der Waals surface area (Å²) >= 11 is 0. The third kappa shape index (κ3) is 2.45. The molecule has 1 saturated heterocycles. The fourth-order valence-corrected chi connectivity index (χ4v) is 2.45. The van der Waals surface area contributed by atoms with E-state index in [1.165, 1.54) is 0 Å². The van der Waals surface area contributed by atoms with Gasteiger partial charge < -0.3 is 15.3 Å². The van der Waals surface area contributed by atoms with E-state index in [9.17, 15) is 5.11 Å². The van der Waals surface area contributed by atoms with Gasteiger partial charge in [-0.25, -0.2) is 0 Å². The molecule has 4 heteroatoms. The molecule has 3 N–H and O–H groups in total. The van der Waals surface area contributed by atoms with E-state index < -0.39 is 5.60 Å². The van der Waals surface area contributed by atoms with Gasteiger partial charge >= 0.3 is 0 Å². The zero-order chi connectivity index (χ0) is 11.6. The van der Waals surface area contributed by atoms with Gasteiger partial charge in [-0.05, 0) is 38.4 Å². The molecular weight excluding hydrogens is 204 g/mol. The molecule has 2 heterocycles. The Balaban J connectivity index is 2.10. The van der Waals surface area contributed by atoms with Crippen molar-refractivity contribution in [1.29, 1.82) is 0 Å². The summed E-state index contributed by atoms with van der Waals surface area (Å²) in [7, 11) is 0. The molecule has 1 aromatic rings. The van der Waals surface area contributed by atoms with Gasteiger partial charge in [0.05, 0.1) is 17.9 Å². The first-order valence-corrected chi connectivity index (χ1v) is 5.82. The number of likely N-dealkylation sites (tertiary alicyclic amines) is 1. The number of aliphatic hydroxyl groups is 1. The van der Waals surface area contributed by atoms with Gasteiger partial charge in [-0.2, -0.15) is 0 Å². The van der Waals surface area contributed by atoms with Crippen LogP contribution in [0.4, 0.5) is 0 Å². The normalized spacial score (nSPS) is 29.2. The first-order valence-electron chi connectivity index (χ1n) is 5.82. The van der Waals surface area contributed by atoms with Crippen LogP contribution in [0.5, 0.6) is 0 Å². The highest BCUT2D eigenvalue weighted by molar-refractivity contribution is 5.06. The molecule has 4 nitrogen and oxygen atoms in total. The minimum Gasteiger partial charge on any atom is -0.468 e. The van der Waals surface area contributed by atoms with Crippen molar-refractivity contribution in [3.05, 3.63) is 24.2 Å². The van der Waals surface area contributed by atoms with Gasteiger partial charge in [0, 0.05) is 13.1 Å². The van der Waals surface area contributed by atoms with Crippen molar-refractivity contribution in [1.82, 2.24) is 4.90 Å². The molecule has 1 aliphatic rings. The molecule has 0 aromatic carbocycles. The molecule has 1 fully saturated rings. The van der Waals surface area contributed by atoms with Crippen LogP contribution in [-0.2, 0) is 0 Å². The first-order chi connectivity index (χ1) is 7.62. The summed E-state index contributed by atoms with van der Waals surface area (Å²) < 4.78 is 5.40. The van der Waals surface area contributed by atoms with E-state index in [0.29, 0.717) is 13.1 Å². The number of hydrogen-bond donors (Lipinski definition) is 2. The Morgan fingerprint density at radius 3 is 3.06 bits per heavy atom. The SMILES string of the molecule is CC1(O)CCCN(C(CN)c2ccco2)C1. The maximum Gasteiger partial charge on any atom is 0.122 e. The number of nitrogens with zero attached hydrogens (tertiary/aromatic N) is 1. The topological polar surface area (TPSA) is 62.6 Å². The van der Waals surface area contributed by atoms with Gasteiger partial charge in [-0.3, -0.25) is 4.90 Å². The van der Waals surface area contributed by atoms with Crippen molar-refractivity contribution in [2.45, 2.75) is 31.4 Å². The highest BCUT2D eigenvalue weighted by Gasteiger charge is 2.33. The van der Waals surface area contributed by atoms with Crippen LogP contribution in [-0.4, -0.2) is 35.2 Å². The third-order valence-electron chi connectivity index (χ3n) is 3.24. The van der Waals surface area contributed by atoms with Crippen LogP contribution in [0.2, 0.25) is 0 Å². The number of furan rings is 1. The molecular formula is C12H20N2O2. The summed E-state index contributed by atoms with van der Waals surface area (Å²) in [4.78, 5) is 2.21. The Morgan fingerprint density at radius 1 is 1.69 bits per heavy atom. The van der Waals surface area contributed by atoms with Gasteiger partial charge in [0.1, 0.15) is 5.76 Å². The highest BCUT2D eigenvalue weighted by atomic mass is 16.3. The zero-order valence-corrected chi connectivity index (χ0v) is 9.72. The van der Waals surface area contributed by atoms with E-state index in [0.717, 1.165) is 25.1 Å². The second kappa shape index (κ2) is 4.57. The number of nitrogens with two attached hydrogens (primary N) is 1. The molecule has 0 aliphatic carbocycles. The molecule has 2 unspecified atom stereocenters. The molecule has 0 saturated carbocycles. The lowest BCUT2D eigenvalue weighted by atomic mass is 9.93. The molecule has 2 atom stereocenters. The zero-order valence-electron chi connectivity index (χ0n) is 9.72. The lowest BCUT2D eigenvalue weighted by Crippen LogP contribution is -2.48. The highest BCUT2D eigenvalue weighted by Crippen LogP contribution is 2.28. The first kappa shape index (κ1) is 11.6. The van der Waals surface area contributed by atoms with Crippen LogP contribution in [0, 0.1) is 0 Å². The average molecular weight is 224 g/mol. The Labute approximate surface area is 96.0 Å². The van der Waals surface area contributed by atoms with Gasteiger partial charge in [-0.1, -0.05) is 0 Å². The van der Waals surface area contributed by atoms with Crippen LogP contribution < -0.4 is 5.73 Å². The predicted octanol–water partition coefficient (Wildman–Crippen LogP) is 1.13. The summed E-state index contributed by atoms with van der Waals surface area (Å²) in [5, 5.41) is 10.1. The second-order valence-electron chi connectivity index (χ2n) is 4.84. The van der Waals surface area contributed by atoms with Gasteiger partial charge in [0.15, 0.2) is 0 Å². The van der Waals surface area contributed by atoms with E-state index in [1.807, 2.05) is 19.1 Å². The minimum absolute atomic E-state index is 0.0850. The van der Waals surface area contributed by atoms with Crippen LogP contribution in [0.3, 0.4) is 0 Å². The Hall–Kier alpha value is -0.840. The van der Waals surface area contributed by atoms with Crippen molar-refractivity contribution in [3.8, 4) is 0 Å². The summed E-state index contributed by atoms with van der Waals surface area (Å²) in [6.45, 7) is 4.03. The molecule has 90 valence electrons. The largest absolute Gasteiger partial charge is 0.468 e. The van der Waals surface area contributed by atoms with Crippen molar-refractivity contribution in [2.75, 3.05) is 19.6 Å². The lowest BCUT2D eigenvalue weighted by molar-refractivity contribution is -0.0319. The molecule has 16 heavy (non-hydrogen) atoms. The molecule has 0 bridgehead atoms. The van der Waals surface area contributed by atoms with Crippen LogP contribution in [0.15, 0.2) is 22.8 Å². The quantitative estimate of drug-likeness (QED) is 0.808. The van der Waals surface area contributed by atoms with Crippen LogP contribution >= 0.6 is 0 Å². The number of hydrogen-bond acceptors (Lipinski definition) is 4. The predicted molar refractivity (Wildman–Crippen MR) is 61.9 cm³/mol. The van der Waals surface area contributed by atoms with E-state index in [-0.39, 0.29) is 6.04 Å². The standard InChI is InChI=1S/C12H20N2O2/c1-12(15)5-3-6-14(9-12)10(8-13)11-4-2-7-16-11/h2,4,7,10,15H,3,5-6,8-9,13H2,1H3.